The Morgan fingerprint density at radius 3 is 2.58 bits per heavy atom. The van der Waals surface area contributed by atoms with Crippen molar-refractivity contribution in [3.05, 3.63) is 0 Å². The number of hydrogen-bond donors (Lipinski definition) is 0. The summed E-state index contributed by atoms with van der Waals surface area (Å²) in [6, 6.07) is 0.793. The molecule has 0 radical (unpaired) electrons. The van der Waals surface area contributed by atoms with E-state index in [0.717, 1.165) is 12.5 Å². The molecule has 1 saturated carbocycles. The summed E-state index contributed by atoms with van der Waals surface area (Å²) < 4.78 is 0. The molecule has 2 fully saturated rings. The summed E-state index contributed by atoms with van der Waals surface area (Å²) in [5, 5.41) is 0. The molecule has 3 atom stereocenters. The molecule has 0 N–H and O–H groups in total. The molecule has 12 heavy (non-hydrogen) atoms. The van der Waals surface area contributed by atoms with Crippen LogP contribution in [0, 0.1) is 11.8 Å². The first-order valence-electron chi connectivity index (χ1n) is 4.87. The van der Waals surface area contributed by atoms with Gasteiger partial charge in [0.25, 0.3) is 0 Å². The molecule has 68 valence electrons. The SMILES string of the molecule is CC(=O)[C@@H]1[C@H]2C[C@H]2CN1C(C)C. The summed E-state index contributed by atoms with van der Waals surface area (Å²) in [5.74, 6) is 1.93. The van der Waals surface area contributed by atoms with Gasteiger partial charge in [-0.1, -0.05) is 0 Å². The van der Waals surface area contributed by atoms with E-state index in [4.69, 9.17) is 0 Å². The Hall–Kier alpha value is -0.370. The second kappa shape index (κ2) is 2.56. The molecule has 0 aromatic heterocycles. The minimum atomic E-state index is 0.259. The average molecular weight is 167 g/mol. The van der Waals surface area contributed by atoms with Crippen LogP contribution in [0.5, 0.6) is 0 Å². The molecule has 0 spiro atoms. The Balaban J connectivity index is 2.11. The fourth-order valence-corrected chi connectivity index (χ4v) is 2.56. The van der Waals surface area contributed by atoms with E-state index in [1.165, 1.54) is 6.42 Å². The maximum atomic E-state index is 11.4. The third kappa shape index (κ3) is 1.09. The van der Waals surface area contributed by atoms with Crippen molar-refractivity contribution >= 4 is 5.78 Å². The highest BCUT2D eigenvalue weighted by molar-refractivity contribution is 5.82. The third-order valence-corrected chi connectivity index (χ3v) is 3.27. The van der Waals surface area contributed by atoms with Crippen LogP contribution in [-0.4, -0.2) is 29.3 Å². The number of hydrogen-bond acceptors (Lipinski definition) is 2. The number of fused-ring (bicyclic) bond motifs is 1. The Morgan fingerprint density at radius 2 is 2.17 bits per heavy atom. The fraction of sp³-hybridized carbons (Fsp3) is 0.900. The molecule has 2 aliphatic rings. The molecular weight excluding hydrogens is 150 g/mol. The molecule has 2 heteroatoms. The van der Waals surface area contributed by atoms with Crippen LogP contribution in [0.2, 0.25) is 0 Å². The van der Waals surface area contributed by atoms with Gasteiger partial charge < -0.3 is 0 Å². The predicted octanol–water partition coefficient (Wildman–Crippen LogP) is 1.30. The molecular formula is C10H17NO. The molecule has 0 aromatic carbocycles. The van der Waals surface area contributed by atoms with Crippen LogP contribution in [-0.2, 0) is 4.79 Å². The van der Waals surface area contributed by atoms with E-state index in [0.29, 0.717) is 17.7 Å². The van der Waals surface area contributed by atoms with Crippen LogP contribution in [0.25, 0.3) is 0 Å². The minimum absolute atomic E-state index is 0.259. The monoisotopic (exact) mass is 167 g/mol. The third-order valence-electron chi connectivity index (χ3n) is 3.27. The van der Waals surface area contributed by atoms with Gasteiger partial charge >= 0.3 is 0 Å². The molecule has 1 aliphatic carbocycles. The maximum Gasteiger partial charge on any atom is 0.147 e. The van der Waals surface area contributed by atoms with E-state index in [9.17, 15) is 4.79 Å². The van der Waals surface area contributed by atoms with Gasteiger partial charge in [-0.05, 0) is 39.0 Å². The zero-order valence-electron chi connectivity index (χ0n) is 8.08. The van der Waals surface area contributed by atoms with Crippen LogP contribution in [0.3, 0.4) is 0 Å². The smallest absolute Gasteiger partial charge is 0.147 e. The number of carbonyl (C=O) groups is 1. The Morgan fingerprint density at radius 1 is 1.50 bits per heavy atom. The van der Waals surface area contributed by atoms with Crippen molar-refractivity contribution < 1.29 is 4.79 Å². The molecule has 0 amide bonds. The standard InChI is InChI=1S/C10H17NO/c1-6(2)11-5-8-4-9(8)10(11)7(3)12/h6,8-10H,4-5H2,1-3H3/t8-,9-,10+/m0/s1. The summed E-state index contributed by atoms with van der Waals surface area (Å²) in [6.07, 6.45) is 1.30. The van der Waals surface area contributed by atoms with Gasteiger partial charge in [-0.2, -0.15) is 0 Å². The summed E-state index contributed by atoms with van der Waals surface area (Å²) >= 11 is 0. The quantitative estimate of drug-likeness (QED) is 0.618. The number of carbonyl (C=O) groups excluding carboxylic acids is 1. The molecule has 1 saturated heterocycles. The van der Waals surface area contributed by atoms with E-state index < -0.39 is 0 Å². The number of rotatable bonds is 2. The van der Waals surface area contributed by atoms with Gasteiger partial charge in [0.1, 0.15) is 5.78 Å². The summed E-state index contributed by atoms with van der Waals surface area (Å²) in [7, 11) is 0. The van der Waals surface area contributed by atoms with Gasteiger partial charge in [0.2, 0.25) is 0 Å². The van der Waals surface area contributed by atoms with E-state index in [-0.39, 0.29) is 6.04 Å². The van der Waals surface area contributed by atoms with E-state index >= 15 is 0 Å². The zero-order chi connectivity index (χ0) is 8.88. The summed E-state index contributed by atoms with van der Waals surface area (Å²) in [5.41, 5.74) is 0. The first-order valence-corrected chi connectivity index (χ1v) is 4.87. The lowest BCUT2D eigenvalue weighted by molar-refractivity contribution is -0.122. The molecule has 1 heterocycles. The normalized spacial score (nSPS) is 40.2. The minimum Gasteiger partial charge on any atom is -0.298 e. The van der Waals surface area contributed by atoms with Crippen LogP contribution in [0.4, 0.5) is 0 Å². The van der Waals surface area contributed by atoms with Gasteiger partial charge in [-0.25, -0.2) is 0 Å². The van der Waals surface area contributed by atoms with E-state index in [1.54, 1.807) is 6.92 Å². The van der Waals surface area contributed by atoms with Crippen LogP contribution >= 0.6 is 0 Å². The Bertz CT molecular complexity index is 212. The molecule has 1 aliphatic heterocycles. The highest BCUT2D eigenvalue weighted by atomic mass is 16.1. The molecule has 0 bridgehead atoms. The number of likely N-dealkylation sites (tertiary alicyclic amines) is 1. The van der Waals surface area contributed by atoms with Gasteiger partial charge in [0.15, 0.2) is 0 Å². The first kappa shape index (κ1) is 8.24. The molecule has 0 aromatic rings. The number of nitrogens with zero attached hydrogens (tertiary/aromatic N) is 1. The number of Topliss-reactive ketones (excluding diaryl/α,β-unsaturated/α-hetero) is 1. The van der Waals surface area contributed by atoms with Crippen molar-refractivity contribution in [3.63, 3.8) is 0 Å². The lowest BCUT2D eigenvalue weighted by Crippen LogP contribution is -2.42. The Labute approximate surface area is 73.9 Å². The highest BCUT2D eigenvalue weighted by Crippen LogP contribution is 2.50. The lowest BCUT2D eigenvalue weighted by Gasteiger charge is -2.28. The van der Waals surface area contributed by atoms with Crippen molar-refractivity contribution in [2.75, 3.05) is 6.54 Å². The average Bonchev–Trinajstić information content (AvgIpc) is 2.60. The van der Waals surface area contributed by atoms with Crippen molar-refractivity contribution in [1.29, 1.82) is 0 Å². The maximum absolute atomic E-state index is 11.4. The zero-order valence-corrected chi connectivity index (χ0v) is 8.08. The highest BCUT2D eigenvalue weighted by Gasteiger charge is 2.54. The topological polar surface area (TPSA) is 20.3 Å². The van der Waals surface area contributed by atoms with Crippen LogP contribution in [0.1, 0.15) is 27.2 Å². The van der Waals surface area contributed by atoms with Crippen LogP contribution in [0.15, 0.2) is 0 Å². The van der Waals surface area contributed by atoms with Crippen molar-refractivity contribution in [2.45, 2.75) is 39.3 Å². The predicted molar refractivity (Wildman–Crippen MR) is 47.9 cm³/mol. The summed E-state index contributed by atoms with van der Waals surface area (Å²) in [6.45, 7) is 7.26. The van der Waals surface area contributed by atoms with Crippen molar-refractivity contribution in [3.8, 4) is 0 Å². The van der Waals surface area contributed by atoms with Crippen molar-refractivity contribution in [2.24, 2.45) is 11.8 Å². The number of piperidine rings is 1. The summed E-state index contributed by atoms with van der Waals surface area (Å²) in [4.78, 5) is 13.7. The first-order chi connectivity index (χ1) is 5.61. The molecule has 0 unspecified atom stereocenters. The van der Waals surface area contributed by atoms with Gasteiger partial charge in [-0.3, -0.25) is 9.69 Å². The van der Waals surface area contributed by atoms with Gasteiger partial charge in [-0.15, -0.1) is 0 Å². The number of ketones is 1. The van der Waals surface area contributed by atoms with E-state index in [2.05, 4.69) is 18.7 Å². The Kier molecular flexibility index (Phi) is 1.76. The fourth-order valence-electron chi connectivity index (χ4n) is 2.56. The van der Waals surface area contributed by atoms with Crippen molar-refractivity contribution in [1.82, 2.24) is 4.90 Å². The second-order valence-electron chi connectivity index (χ2n) is 4.51. The molecule has 2 rings (SSSR count). The van der Waals surface area contributed by atoms with Crippen LogP contribution < -0.4 is 0 Å². The molecule has 2 nitrogen and oxygen atoms in total. The van der Waals surface area contributed by atoms with E-state index in [1.807, 2.05) is 0 Å². The lowest BCUT2D eigenvalue weighted by atomic mass is 10.1. The van der Waals surface area contributed by atoms with Gasteiger partial charge in [0, 0.05) is 12.6 Å². The van der Waals surface area contributed by atoms with Gasteiger partial charge in [0.05, 0.1) is 6.04 Å². The largest absolute Gasteiger partial charge is 0.298 e. The second-order valence-corrected chi connectivity index (χ2v) is 4.51.